The topological polar surface area (TPSA) is 3.88 Å². The Morgan fingerprint density at radius 1 is 0.857 bits per heavy atom. The van der Waals surface area contributed by atoms with Gasteiger partial charge in [-0.15, -0.1) is 0 Å². The van der Waals surface area contributed by atoms with Crippen molar-refractivity contribution in [2.24, 2.45) is 13.0 Å². The summed E-state index contributed by atoms with van der Waals surface area (Å²) in [6.07, 6.45) is 4.46. The molecule has 0 spiro atoms. The number of nitrogens with zero attached hydrogens (tertiary/aromatic N) is 1. The van der Waals surface area contributed by atoms with Crippen LogP contribution in [0.1, 0.15) is 52.8 Å². The van der Waals surface area contributed by atoms with Crippen molar-refractivity contribution in [2.45, 2.75) is 54.4 Å². The van der Waals surface area contributed by atoms with Gasteiger partial charge < -0.3 is 0 Å². The lowest BCUT2D eigenvalue weighted by molar-refractivity contribution is -0.660. The van der Waals surface area contributed by atoms with Gasteiger partial charge in [-0.3, -0.25) is 0 Å². The van der Waals surface area contributed by atoms with Gasteiger partial charge in [-0.1, -0.05) is 38.1 Å². The van der Waals surface area contributed by atoms with E-state index in [0.29, 0.717) is 5.92 Å². The van der Waals surface area contributed by atoms with E-state index in [2.05, 4.69) is 89.7 Å². The molecular weight excluding hydrogens is 338 g/mol. The van der Waals surface area contributed by atoms with E-state index in [1.54, 1.807) is 0 Å². The third-order valence-corrected chi connectivity index (χ3v) is 6.27. The van der Waals surface area contributed by atoms with E-state index in [0.717, 1.165) is 12.8 Å². The fourth-order valence-electron chi connectivity index (χ4n) is 4.94. The van der Waals surface area contributed by atoms with Gasteiger partial charge in [-0.25, -0.2) is 4.57 Å². The second-order valence-electron chi connectivity index (χ2n) is 9.14. The Morgan fingerprint density at radius 3 is 2.29 bits per heavy atom. The molecule has 144 valence electrons. The van der Waals surface area contributed by atoms with Crippen LogP contribution in [0.2, 0.25) is 0 Å². The molecule has 1 aliphatic rings. The minimum atomic E-state index is 0.691. The molecule has 28 heavy (non-hydrogen) atoms. The number of benzene rings is 2. The number of aryl methyl sites for hydroxylation is 5. The Morgan fingerprint density at radius 2 is 1.57 bits per heavy atom. The van der Waals surface area contributed by atoms with Crippen molar-refractivity contribution in [2.75, 3.05) is 0 Å². The number of hydrogen-bond donors (Lipinski definition) is 0. The SMILES string of the molecule is Cc1cc(-c2c(C)cc(C)c3c2Cc2cc(CC(C)C)ccc2-3)[n+](C)cc1C. The minimum absolute atomic E-state index is 0.691. The standard InChI is InChI=1S/C27H32N/c1-16(2)10-21-8-9-23-22(13-21)14-24-26(23)18(4)11-19(5)27(24)25-12-17(3)20(6)15-28(25)7/h8-9,11-13,15-16H,10,14H2,1-7H3/q+1. The first-order valence-electron chi connectivity index (χ1n) is 10.5. The highest BCUT2D eigenvalue weighted by Crippen LogP contribution is 2.45. The highest BCUT2D eigenvalue weighted by Gasteiger charge is 2.28. The predicted octanol–water partition coefficient (Wildman–Crippen LogP) is 6.18. The van der Waals surface area contributed by atoms with Crippen molar-refractivity contribution in [3.63, 3.8) is 0 Å². The van der Waals surface area contributed by atoms with Crippen molar-refractivity contribution in [3.05, 3.63) is 75.5 Å². The van der Waals surface area contributed by atoms with E-state index in [1.165, 1.54) is 61.3 Å². The molecular formula is C27H32N+. The molecule has 0 amide bonds. The van der Waals surface area contributed by atoms with Crippen LogP contribution >= 0.6 is 0 Å². The summed E-state index contributed by atoms with van der Waals surface area (Å²) in [5.41, 5.74) is 15.6. The van der Waals surface area contributed by atoms with E-state index in [4.69, 9.17) is 0 Å². The quantitative estimate of drug-likeness (QED) is 0.379. The molecule has 1 heterocycles. The van der Waals surface area contributed by atoms with Crippen LogP contribution in [0.3, 0.4) is 0 Å². The fraction of sp³-hybridized carbons (Fsp3) is 0.370. The Hall–Kier alpha value is -2.41. The number of hydrogen-bond acceptors (Lipinski definition) is 0. The van der Waals surface area contributed by atoms with E-state index < -0.39 is 0 Å². The first kappa shape index (κ1) is 18.9. The smallest absolute Gasteiger partial charge is 0.201 e. The summed E-state index contributed by atoms with van der Waals surface area (Å²) in [5.74, 6) is 0.691. The number of pyridine rings is 1. The summed E-state index contributed by atoms with van der Waals surface area (Å²) >= 11 is 0. The van der Waals surface area contributed by atoms with Crippen LogP contribution in [0, 0.1) is 33.6 Å². The van der Waals surface area contributed by atoms with Gasteiger partial charge in [0.1, 0.15) is 7.05 Å². The van der Waals surface area contributed by atoms with Gasteiger partial charge in [-0.2, -0.15) is 0 Å². The Kier molecular flexibility index (Phi) is 4.65. The molecule has 0 N–H and O–H groups in total. The van der Waals surface area contributed by atoms with Crippen molar-refractivity contribution < 1.29 is 4.57 Å². The predicted molar refractivity (Wildman–Crippen MR) is 119 cm³/mol. The van der Waals surface area contributed by atoms with E-state index >= 15 is 0 Å². The van der Waals surface area contributed by atoms with Crippen LogP contribution in [0.5, 0.6) is 0 Å². The Balaban J connectivity index is 1.92. The molecule has 0 saturated heterocycles. The average Bonchev–Trinajstić information content (AvgIpc) is 2.97. The van der Waals surface area contributed by atoms with Crippen LogP contribution < -0.4 is 4.57 Å². The second-order valence-corrected chi connectivity index (χ2v) is 9.14. The molecule has 0 unspecified atom stereocenters. The molecule has 1 aliphatic carbocycles. The van der Waals surface area contributed by atoms with Gasteiger partial charge in [0, 0.05) is 11.6 Å². The summed E-state index contributed by atoms with van der Waals surface area (Å²) in [5, 5.41) is 0. The zero-order valence-electron chi connectivity index (χ0n) is 18.4. The number of fused-ring (bicyclic) bond motifs is 3. The monoisotopic (exact) mass is 370 g/mol. The molecule has 0 aliphatic heterocycles. The summed E-state index contributed by atoms with van der Waals surface area (Å²) in [6, 6.07) is 11.9. The highest BCUT2D eigenvalue weighted by molar-refractivity contribution is 5.87. The molecule has 0 bridgehead atoms. The molecule has 1 heteroatoms. The van der Waals surface area contributed by atoms with Crippen molar-refractivity contribution in [3.8, 4) is 22.4 Å². The van der Waals surface area contributed by atoms with Gasteiger partial charge in [0.25, 0.3) is 0 Å². The zero-order valence-corrected chi connectivity index (χ0v) is 18.4. The van der Waals surface area contributed by atoms with Crippen LogP contribution in [0.15, 0.2) is 36.5 Å². The Labute approximate surface area is 170 Å². The molecule has 4 rings (SSSR count). The lowest BCUT2D eigenvalue weighted by atomic mass is 9.90. The summed E-state index contributed by atoms with van der Waals surface area (Å²) in [6.45, 7) is 13.5. The van der Waals surface area contributed by atoms with Crippen LogP contribution in [-0.4, -0.2) is 0 Å². The number of aromatic nitrogens is 1. The first-order chi connectivity index (χ1) is 13.3. The van der Waals surface area contributed by atoms with E-state index in [9.17, 15) is 0 Å². The van der Waals surface area contributed by atoms with Gasteiger partial charge in [-0.05, 0) is 91.0 Å². The molecule has 0 radical (unpaired) electrons. The van der Waals surface area contributed by atoms with Crippen LogP contribution in [-0.2, 0) is 19.9 Å². The molecule has 0 atom stereocenters. The number of rotatable bonds is 3. The van der Waals surface area contributed by atoms with Crippen molar-refractivity contribution in [1.82, 2.24) is 0 Å². The van der Waals surface area contributed by atoms with E-state index in [-0.39, 0.29) is 0 Å². The molecule has 0 saturated carbocycles. The lowest BCUT2D eigenvalue weighted by Crippen LogP contribution is -2.32. The highest BCUT2D eigenvalue weighted by atomic mass is 14.9. The summed E-state index contributed by atoms with van der Waals surface area (Å²) in [7, 11) is 2.18. The van der Waals surface area contributed by atoms with Crippen LogP contribution in [0.4, 0.5) is 0 Å². The summed E-state index contributed by atoms with van der Waals surface area (Å²) in [4.78, 5) is 0. The average molecular weight is 371 g/mol. The minimum Gasteiger partial charge on any atom is -0.201 e. The third-order valence-electron chi connectivity index (χ3n) is 6.27. The maximum atomic E-state index is 2.45. The maximum absolute atomic E-state index is 2.45. The zero-order chi connectivity index (χ0) is 20.2. The molecule has 1 nitrogen and oxygen atoms in total. The summed E-state index contributed by atoms with van der Waals surface area (Å²) < 4.78 is 2.30. The second kappa shape index (κ2) is 6.88. The fourth-order valence-corrected chi connectivity index (χ4v) is 4.94. The van der Waals surface area contributed by atoms with Gasteiger partial charge in [0.05, 0.1) is 5.56 Å². The Bertz CT molecular complexity index is 1090. The molecule has 2 aromatic carbocycles. The third kappa shape index (κ3) is 3.07. The van der Waals surface area contributed by atoms with Crippen molar-refractivity contribution >= 4 is 0 Å². The molecule has 3 aromatic rings. The largest absolute Gasteiger partial charge is 0.213 e. The first-order valence-corrected chi connectivity index (χ1v) is 10.5. The van der Waals surface area contributed by atoms with Crippen molar-refractivity contribution in [1.29, 1.82) is 0 Å². The maximum Gasteiger partial charge on any atom is 0.213 e. The molecule has 1 aromatic heterocycles. The van der Waals surface area contributed by atoms with Crippen LogP contribution in [0.25, 0.3) is 22.4 Å². The van der Waals surface area contributed by atoms with Gasteiger partial charge in [0.15, 0.2) is 6.20 Å². The molecule has 0 fully saturated rings. The van der Waals surface area contributed by atoms with Gasteiger partial charge >= 0.3 is 0 Å². The van der Waals surface area contributed by atoms with E-state index in [1.807, 2.05) is 0 Å². The normalized spacial score (nSPS) is 12.4. The lowest BCUT2D eigenvalue weighted by Gasteiger charge is -2.15. The van der Waals surface area contributed by atoms with Gasteiger partial charge in [0.2, 0.25) is 5.69 Å².